The summed E-state index contributed by atoms with van der Waals surface area (Å²) >= 11 is 0. The quantitative estimate of drug-likeness (QED) is 0.513. The number of methoxy groups -OCH3 is 2. The normalized spacial score (nSPS) is 11.4. The minimum atomic E-state index is -0.375. The van der Waals surface area contributed by atoms with Crippen LogP contribution >= 0.6 is 0 Å². The van der Waals surface area contributed by atoms with Crippen LogP contribution in [0.4, 0.5) is 11.5 Å². The molecule has 2 heterocycles. The summed E-state index contributed by atoms with van der Waals surface area (Å²) < 4.78 is 16.6. The Labute approximate surface area is 179 Å². The van der Waals surface area contributed by atoms with E-state index in [2.05, 4.69) is 15.3 Å². The number of benzene rings is 2. The lowest BCUT2D eigenvalue weighted by atomic mass is 10.1. The van der Waals surface area contributed by atoms with Crippen LogP contribution in [-0.4, -0.2) is 25.1 Å². The van der Waals surface area contributed by atoms with Crippen LogP contribution in [0.1, 0.15) is 15.9 Å². The van der Waals surface area contributed by atoms with Gasteiger partial charge in [-0.2, -0.15) is 0 Å². The van der Waals surface area contributed by atoms with Gasteiger partial charge >= 0.3 is 0 Å². The number of nitrogens with one attached hydrogen (secondary N) is 1. The van der Waals surface area contributed by atoms with E-state index in [0.29, 0.717) is 28.6 Å². The second-order valence-electron chi connectivity index (χ2n) is 6.86. The number of carbonyl (C=O) groups is 1. The molecule has 0 aliphatic heterocycles. The third-order valence-electron chi connectivity index (χ3n) is 4.62. The van der Waals surface area contributed by atoms with E-state index in [1.807, 2.05) is 37.3 Å². The predicted molar refractivity (Wildman–Crippen MR) is 118 cm³/mol. The second-order valence-corrected chi connectivity index (χ2v) is 6.86. The van der Waals surface area contributed by atoms with Crippen LogP contribution < -0.4 is 20.3 Å². The fourth-order valence-corrected chi connectivity index (χ4v) is 3.01. The van der Waals surface area contributed by atoms with Crippen LogP contribution in [0.3, 0.4) is 0 Å². The third-order valence-corrected chi connectivity index (χ3v) is 4.62. The van der Waals surface area contributed by atoms with E-state index in [1.165, 1.54) is 0 Å². The minimum absolute atomic E-state index is 0.165. The highest BCUT2D eigenvalue weighted by Crippen LogP contribution is 2.27. The van der Waals surface area contributed by atoms with Crippen molar-refractivity contribution in [2.24, 2.45) is 4.99 Å². The summed E-state index contributed by atoms with van der Waals surface area (Å²) in [7, 11) is 3.12. The SMILES string of the molecule is COc1cc(N=c2oc3ccccc3cc2C(=O)Nc2ccc(C)cn2)cc(OC)c1. The van der Waals surface area contributed by atoms with Crippen LogP contribution in [-0.2, 0) is 0 Å². The maximum Gasteiger partial charge on any atom is 0.262 e. The van der Waals surface area contributed by atoms with Gasteiger partial charge in [0.05, 0.1) is 19.9 Å². The van der Waals surface area contributed by atoms with E-state index in [9.17, 15) is 4.79 Å². The first-order chi connectivity index (χ1) is 15.1. The fourth-order valence-electron chi connectivity index (χ4n) is 3.01. The van der Waals surface area contributed by atoms with Gasteiger partial charge in [0, 0.05) is 29.8 Å². The Hall–Kier alpha value is -4.13. The van der Waals surface area contributed by atoms with Gasteiger partial charge in [0.15, 0.2) is 0 Å². The summed E-state index contributed by atoms with van der Waals surface area (Å²) in [5.74, 6) is 1.22. The number of fused-ring (bicyclic) bond motifs is 1. The number of rotatable bonds is 5. The van der Waals surface area contributed by atoms with Crippen molar-refractivity contribution in [1.29, 1.82) is 0 Å². The van der Waals surface area contributed by atoms with Gasteiger partial charge < -0.3 is 19.2 Å². The molecule has 0 fully saturated rings. The Bertz CT molecular complexity index is 1290. The Morgan fingerprint density at radius 1 is 1.00 bits per heavy atom. The van der Waals surface area contributed by atoms with Crippen LogP contribution in [0.15, 0.2) is 76.3 Å². The predicted octanol–water partition coefficient (Wildman–Crippen LogP) is 4.64. The van der Waals surface area contributed by atoms with Crippen molar-refractivity contribution in [1.82, 2.24) is 4.98 Å². The van der Waals surface area contributed by atoms with Gasteiger partial charge in [-0.05, 0) is 30.7 Å². The van der Waals surface area contributed by atoms with Gasteiger partial charge in [-0.15, -0.1) is 0 Å². The van der Waals surface area contributed by atoms with Crippen molar-refractivity contribution in [3.8, 4) is 11.5 Å². The van der Waals surface area contributed by atoms with Crippen LogP contribution in [0.25, 0.3) is 11.0 Å². The number of hydrogen-bond acceptors (Lipinski definition) is 6. The van der Waals surface area contributed by atoms with Gasteiger partial charge in [0.1, 0.15) is 28.5 Å². The van der Waals surface area contributed by atoms with Crippen molar-refractivity contribution >= 4 is 28.4 Å². The highest BCUT2D eigenvalue weighted by molar-refractivity contribution is 6.04. The average Bonchev–Trinajstić information content (AvgIpc) is 2.79. The number of para-hydroxylation sites is 1. The first-order valence-electron chi connectivity index (χ1n) is 9.60. The molecule has 7 heteroatoms. The molecule has 0 aliphatic carbocycles. The second kappa shape index (κ2) is 8.71. The molecular formula is C24H21N3O4. The lowest BCUT2D eigenvalue weighted by molar-refractivity contribution is 0.102. The number of aryl methyl sites for hydroxylation is 1. The molecule has 2 aromatic heterocycles. The van der Waals surface area contributed by atoms with Crippen molar-refractivity contribution in [3.63, 3.8) is 0 Å². The standard InChI is InChI=1S/C24H21N3O4/c1-15-8-9-22(25-14-15)27-23(28)20-10-16-6-4-5-7-21(16)31-24(20)26-17-11-18(29-2)13-19(12-17)30-3/h4-14H,1-3H3,(H,25,27,28). The van der Waals surface area contributed by atoms with E-state index >= 15 is 0 Å². The molecule has 4 aromatic rings. The highest BCUT2D eigenvalue weighted by Gasteiger charge is 2.14. The molecule has 0 saturated carbocycles. The average molecular weight is 415 g/mol. The molecule has 0 atom stereocenters. The van der Waals surface area contributed by atoms with Crippen molar-refractivity contribution in [2.75, 3.05) is 19.5 Å². The minimum Gasteiger partial charge on any atom is -0.497 e. The zero-order chi connectivity index (χ0) is 21.8. The van der Waals surface area contributed by atoms with E-state index in [4.69, 9.17) is 13.9 Å². The molecule has 4 rings (SSSR count). The molecule has 0 spiro atoms. The van der Waals surface area contributed by atoms with Crippen molar-refractivity contribution in [3.05, 3.63) is 83.5 Å². The Morgan fingerprint density at radius 3 is 2.42 bits per heavy atom. The molecule has 156 valence electrons. The van der Waals surface area contributed by atoms with E-state index < -0.39 is 0 Å². The van der Waals surface area contributed by atoms with Gasteiger partial charge in [0.2, 0.25) is 5.55 Å². The van der Waals surface area contributed by atoms with Gasteiger partial charge in [-0.3, -0.25) is 4.79 Å². The Kier molecular flexibility index (Phi) is 5.66. The summed E-state index contributed by atoms with van der Waals surface area (Å²) in [4.78, 5) is 21.9. The summed E-state index contributed by atoms with van der Waals surface area (Å²) in [5.41, 5.74) is 2.58. The number of carbonyl (C=O) groups excluding carboxylic acids is 1. The van der Waals surface area contributed by atoms with Gasteiger partial charge in [-0.1, -0.05) is 24.3 Å². The Balaban J connectivity index is 1.84. The number of ether oxygens (including phenoxy) is 2. The molecule has 0 bridgehead atoms. The van der Waals surface area contributed by atoms with Gasteiger partial charge in [0.25, 0.3) is 5.91 Å². The topological polar surface area (TPSA) is 86.0 Å². The largest absolute Gasteiger partial charge is 0.497 e. The summed E-state index contributed by atoms with van der Waals surface area (Å²) in [6.07, 6.45) is 1.69. The molecule has 0 saturated heterocycles. The number of hydrogen-bond donors (Lipinski definition) is 1. The van der Waals surface area contributed by atoms with Crippen molar-refractivity contribution in [2.45, 2.75) is 6.92 Å². The van der Waals surface area contributed by atoms with Crippen LogP contribution in [0, 0.1) is 6.92 Å². The molecule has 2 aromatic carbocycles. The Morgan fingerprint density at radius 2 is 1.74 bits per heavy atom. The summed E-state index contributed by atoms with van der Waals surface area (Å²) in [6.45, 7) is 1.93. The number of amides is 1. The maximum absolute atomic E-state index is 13.1. The first-order valence-corrected chi connectivity index (χ1v) is 9.60. The van der Waals surface area contributed by atoms with Crippen molar-refractivity contribution < 1.29 is 18.7 Å². The molecule has 1 N–H and O–H groups in total. The monoisotopic (exact) mass is 415 g/mol. The number of pyridine rings is 1. The lowest BCUT2D eigenvalue weighted by Gasteiger charge is -2.08. The number of aromatic nitrogens is 1. The zero-order valence-corrected chi connectivity index (χ0v) is 17.4. The van der Waals surface area contributed by atoms with E-state index in [-0.39, 0.29) is 17.0 Å². The molecule has 1 amide bonds. The molecule has 31 heavy (non-hydrogen) atoms. The number of nitrogens with zero attached hydrogens (tertiary/aromatic N) is 2. The highest BCUT2D eigenvalue weighted by atomic mass is 16.5. The van der Waals surface area contributed by atoms with E-state index in [1.54, 1.807) is 50.7 Å². The third kappa shape index (κ3) is 4.56. The smallest absolute Gasteiger partial charge is 0.262 e. The molecule has 7 nitrogen and oxygen atoms in total. The molecular weight excluding hydrogens is 394 g/mol. The first kappa shape index (κ1) is 20.2. The molecule has 0 aliphatic rings. The van der Waals surface area contributed by atoms with E-state index in [0.717, 1.165) is 10.9 Å². The van der Waals surface area contributed by atoms with Gasteiger partial charge in [-0.25, -0.2) is 9.98 Å². The fraction of sp³-hybridized carbons (Fsp3) is 0.125. The lowest BCUT2D eigenvalue weighted by Crippen LogP contribution is -2.22. The maximum atomic E-state index is 13.1. The molecule has 0 unspecified atom stereocenters. The number of anilines is 1. The van der Waals surface area contributed by atoms with Crippen LogP contribution in [0.5, 0.6) is 11.5 Å². The zero-order valence-electron chi connectivity index (χ0n) is 17.4. The van der Waals surface area contributed by atoms with Crippen LogP contribution in [0.2, 0.25) is 0 Å². The summed E-state index contributed by atoms with van der Waals surface area (Å²) in [6, 6.07) is 18.0. The molecule has 0 radical (unpaired) electrons. The summed E-state index contributed by atoms with van der Waals surface area (Å²) in [5, 5.41) is 3.59.